The Morgan fingerprint density at radius 1 is 1.30 bits per heavy atom. The summed E-state index contributed by atoms with van der Waals surface area (Å²) in [7, 11) is 1.78. The lowest BCUT2D eigenvalue weighted by Gasteiger charge is -2.04. The molecule has 0 amide bonds. The van der Waals surface area contributed by atoms with E-state index in [0.29, 0.717) is 0 Å². The average Bonchev–Trinajstić information content (AvgIpc) is 3.08. The molecule has 4 nitrogen and oxygen atoms in total. The first-order valence-corrected chi connectivity index (χ1v) is 7.13. The fraction of sp³-hybridized carbons (Fsp3) is 0.0667. The molecular formula is C15H11N3OS. The van der Waals surface area contributed by atoms with Crippen molar-refractivity contribution >= 4 is 33.3 Å². The van der Waals surface area contributed by atoms with Crippen LogP contribution < -0.4 is 5.69 Å². The third-order valence-electron chi connectivity index (χ3n) is 3.53. The quantitative estimate of drug-likeness (QED) is 0.582. The van der Waals surface area contributed by atoms with Crippen LogP contribution in [0.4, 0.5) is 0 Å². The van der Waals surface area contributed by atoms with E-state index >= 15 is 0 Å². The topological polar surface area (TPSA) is 50.7 Å². The third-order valence-corrected chi connectivity index (χ3v) is 4.45. The highest BCUT2D eigenvalue weighted by Crippen LogP contribution is 2.29. The van der Waals surface area contributed by atoms with Crippen molar-refractivity contribution in [2.24, 2.45) is 7.05 Å². The molecule has 0 fully saturated rings. The highest BCUT2D eigenvalue weighted by atomic mass is 32.1. The van der Waals surface area contributed by atoms with E-state index in [1.54, 1.807) is 29.1 Å². The van der Waals surface area contributed by atoms with Crippen LogP contribution in [0.5, 0.6) is 0 Å². The first-order valence-electron chi connectivity index (χ1n) is 6.25. The largest absolute Gasteiger partial charge is 0.326 e. The summed E-state index contributed by atoms with van der Waals surface area (Å²) in [5.41, 5.74) is 3.60. The number of nitrogens with one attached hydrogen (secondary N) is 1. The minimum absolute atomic E-state index is 0.115. The van der Waals surface area contributed by atoms with Gasteiger partial charge in [0.15, 0.2) is 0 Å². The van der Waals surface area contributed by atoms with Crippen LogP contribution in [0.2, 0.25) is 0 Å². The Labute approximate surface area is 118 Å². The van der Waals surface area contributed by atoms with E-state index in [1.807, 2.05) is 12.1 Å². The Morgan fingerprint density at radius 3 is 3.00 bits per heavy atom. The van der Waals surface area contributed by atoms with E-state index in [9.17, 15) is 4.79 Å². The number of nitrogens with zero attached hydrogens (tertiary/aromatic N) is 2. The van der Waals surface area contributed by atoms with E-state index < -0.39 is 0 Å². The van der Waals surface area contributed by atoms with E-state index in [4.69, 9.17) is 0 Å². The molecule has 4 rings (SSSR count). The van der Waals surface area contributed by atoms with Gasteiger partial charge in [0.25, 0.3) is 0 Å². The Bertz CT molecular complexity index is 980. The molecule has 0 atom stereocenters. The molecule has 0 spiro atoms. The zero-order valence-corrected chi connectivity index (χ0v) is 11.6. The van der Waals surface area contributed by atoms with Gasteiger partial charge in [0.05, 0.1) is 22.7 Å². The average molecular weight is 281 g/mol. The first kappa shape index (κ1) is 11.4. The molecule has 0 saturated heterocycles. The number of benzene rings is 1. The molecule has 1 aromatic carbocycles. The van der Waals surface area contributed by atoms with Crippen molar-refractivity contribution < 1.29 is 0 Å². The number of thiophene rings is 1. The summed E-state index contributed by atoms with van der Waals surface area (Å²) in [6.07, 6.45) is 1.71. The molecule has 98 valence electrons. The number of hydrogen-bond acceptors (Lipinski definition) is 3. The highest BCUT2D eigenvalue weighted by Gasteiger charge is 2.10. The highest BCUT2D eigenvalue weighted by molar-refractivity contribution is 7.13. The van der Waals surface area contributed by atoms with Gasteiger partial charge in [-0.15, -0.1) is 11.3 Å². The van der Waals surface area contributed by atoms with Crippen LogP contribution >= 0.6 is 11.3 Å². The van der Waals surface area contributed by atoms with Gasteiger partial charge in [0.2, 0.25) is 0 Å². The number of hydrogen-bond donors (Lipinski definition) is 1. The zero-order valence-electron chi connectivity index (χ0n) is 10.8. The van der Waals surface area contributed by atoms with Gasteiger partial charge in [-0.05, 0) is 29.1 Å². The van der Waals surface area contributed by atoms with Crippen molar-refractivity contribution in [3.8, 4) is 10.4 Å². The van der Waals surface area contributed by atoms with Gasteiger partial charge in [-0.2, -0.15) is 0 Å². The second-order valence-electron chi connectivity index (χ2n) is 4.72. The smallest absolute Gasteiger partial charge is 0.304 e. The number of aryl methyl sites for hydroxylation is 1. The molecule has 0 radical (unpaired) electrons. The Morgan fingerprint density at radius 2 is 2.20 bits per heavy atom. The van der Waals surface area contributed by atoms with E-state index in [1.165, 1.54) is 4.88 Å². The lowest BCUT2D eigenvalue weighted by Crippen LogP contribution is -2.11. The Kier molecular flexibility index (Phi) is 2.31. The van der Waals surface area contributed by atoms with Crippen molar-refractivity contribution in [1.29, 1.82) is 0 Å². The predicted octanol–water partition coefficient (Wildman–Crippen LogP) is 3.14. The number of rotatable bonds is 1. The number of aromatic nitrogens is 3. The van der Waals surface area contributed by atoms with Crippen LogP contribution in [-0.4, -0.2) is 14.5 Å². The van der Waals surface area contributed by atoms with Crippen LogP contribution in [0.3, 0.4) is 0 Å². The lowest BCUT2D eigenvalue weighted by molar-refractivity contribution is 0.894. The summed E-state index contributed by atoms with van der Waals surface area (Å²) in [5.74, 6) is 0. The number of aromatic amines is 1. The molecule has 0 aliphatic rings. The molecule has 0 saturated carbocycles. The second-order valence-corrected chi connectivity index (χ2v) is 5.67. The van der Waals surface area contributed by atoms with Crippen LogP contribution in [0.25, 0.3) is 32.4 Å². The maximum atomic E-state index is 11.8. The van der Waals surface area contributed by atoms with Crippen LogP contribution in [0, 0.1) is 0 Å². The maximum absolute atomic E-state index is 11.8. The molecule has 0 unspecified atom stereocenters. The fourth-order valence-corrected chi connectivity index (χ4v) is 3.25. The van der Waals surface area contributed by atoms with Crippen molar-refractivity contribution in [3.63, 3.8) is 0 Å². The number of imidazole rings is 1. The number of H-pyrrole nitrogens is 1. The molecule has 0 aliphatic heterocycles. The molecule has 0 bridgehead atoms. The normalized spacial score (nSPS) is 11.4. The fourth-order valence-electron chi connectivity index (χ4n) is 2.53. The van der Waals surface area contributed by atoms with Crippen molar-refractivity contribution in [2.45, 2.75) is 0 Å². The predicted molar refractivity (Wildman–Crippen MR) is 82.2 cm³/mol. The first-order chi connectivity index (χ1) is 9.74. The molecule has 3 heterocycles. The molecule has 3 aromatic heterocycles. The van der Waals surface area contributed by atoms with E-state index in [0.717, 1.165) is 27.5 Å². The van der Waals surface area contributed by atoms with Crippen molar-refractivity contribution in [3.05, 3.63) is 52.4 Å². The molecule has 1 N–H and O–H groups in total. The molecular weight excluding hydrogens is 270 g/mol. The summed E-state index contributed by atoms with van der Waals surface area (Å²) in [6.45, 7) is 0. The van der Waals surface area contributed by atoms with Gasteiger partial charge in [-0.3, -0.25) is 9.55 Å². The minimum Gasteiger partial charge on any atom is -0.304 e. The van der Waals surface area contributed by atoms with E-state index in [-0.39, 0.29) is 5.69 Å². The summed E-state index contributed by atoms with van der Waals surface area (Å²) in [6, 6.07) is 10.3. The SMILES string of the molecule is Cn1c(=O)[nH]c2cnc3ccc(-c4cccs4)cc3c21. The number of pyridine rings is 1. The Balaban J connectivity index is 2.14. The van der Waals surface area contributed by atoms with Gasteiger partial charge in [-0.1, -0.05) is 12.1 Å². The minimum atomic E-state index is -0.115. The van der Waals surface area contributed by atoms with Crippen molar-refractivity contribution in [2.75, 3.05) is 0 Å². The van der Waals surface area contributed by atoms with Gasteiger partial charge in [-0.25, -0.2) is 4.79 Å². The van der Waals surface area contributed by atoms with Crippen LogP contribution in [0.1, 0.15) is 0 Å². The molecule has 20 heavy (non-hydrogen) atoms. The van der Waals surface area contributed by atoms with Crippen molar-refractivity contribution in [1.82, 2.24) is 14.5 Å². The van der Waals surface area contributed by atoms with Gasteiger partial charge < -0.3 is 4.98 Å². The van der Waals surface area contributed by atoms with Gasteiger partial charge >= 0.3 is 5.69 Å². The van der Waals surface area contributed by atoms with Gasteiger partial charge in [0.1, 0.15) is 0 Å². The molecule has 4 aromatic rings. The van der Waals surface area contributed by atoms with E-state index in [2.05, 4.69) is 33.5 Å². The summed E-state index contributed by atoms with van der Waals surface area (Å²) < 4.78 is 1.64. The van der Waals surface area contributed by atoms with Crippen LogP contribution in [-0.2, 0) is 7.05 Å². The Hall–Kier alpha value is -2.40. The monoisotopic (exact) mass is 281 g/mol. The zero-order chi connectivity index (χ0) is 13.7. The summed E-state index contributed by atoms with van der Waals surface area (Å²) in [5, 5.41) is 3.05. The summed E-state index contributed by atoms with van der Waals surface area (Å²) >= 11 is 1.70. The van der Waals surface area contributed by atoms with Gasteiger partial charge in [0, 0.05) is 17.3 Å². The lowest BCUT2D eigenvalue weighted by atomic mass is 10.1. The maximum Gasteiger partial charge on any atom is 0.326 e. The van der Waals surface area contributed by atoms with Crippen LogP contribution in [0.15, 0.2) is 46.7 Å². The number of fused-ring (bicyclic) bond motifs is 3. The third kappa shape index (κ3) is 1.53. The molecule has 0 aliphatic carbocycles. The molecule has 5 heteroatoms. The second kappa shape index (κ2) is 4.05. The standard InChI is InChI=1S/C15H11N3OS/c1-18-14-10-7-9(13-3-2-6-20-13)4-5-11(10)16-8-12(14)17-15(18)19/h2-8H,1H3,(H,17,19). The summed E-state index contributed by atoms with van der Waals surface area (Å²) in [4.78, 5) is 20.2.